The Labute approximate surface area is 209 Å². The molecular formula is C30H26N6. The normalized spacial score (nSPS) is 14.5. The highest BCUT2D eigenvalue weighted by Gasteiger charge is 2.26. The van der Waals surface area contributed by atoms with Crippen LogP contribution in [-0.2, 0) is 6.42 Å². The van der Waals surface area contributed by atoms with Crippen LogP contribution in [0.3, 0.4) is 0 Å². The minimum atomic E-state index is 0.312. The number of hydrogen-bond acceptors (Lipinski definition) is 5. The summed E-state index contributed by atoms with van der Waals surface area (Å²) >= 11 is 0. The minimum Gasteiger partial charge on any atom is -0.380 e. The van der Waals surface area contributed by atoms with Gasteiger partial charge in [0.25, 0.3) is 0 Å². The Kier molecular flexibility index (Phi) is 5.62. The molecule has 6 rings (SSSR count). The number of allylic oxidation sites excluding steroid dienone is 1. The summed E-state index contributed by atoms with van der Waals surface area (Å²) in [6.07, 6.45) is 5.18. The number of benzene rings is 3. The quantitative estimate of drug-likeness (QED) is 0.275. The smallest absolute Gasteiger partial charge is 0.186 e. The predicted octanol–water partition coefficient (Wildman–Crippen LogP) is 7.58. The van der Waals surface area contributed by atoms with Crippen LogP contribution in [0.1, 0.15) is 35.2 Å². The molecule has 0 saturated carbocycles. The zero-order chi connectivity index (χ0) is 24.5. The average molecular weight is 471 g/mol. The summed E-state index contributed by atoms with van der Waals surface area (Å²) in [4.78, 5) is 5.13. The molecule has 1 aliphatic rings. The third-order valence-electron chi connectivity index (χ3n) is 6.50. The van der Waals surface area contributed by atoms with E-state index in [-0.39, 0.29) is 0 Å². The van der Waals surface area contributed by atoms with Crippen LogP contribution >= 0.6 is 0 Å². The van der Waals surface area contributed by atoms with Gasteiger partial charge in [0.15, 0.2) is 17.2 Å². The zero-order valence-corrected chi connectivity index (χ0v) is 20.1. The molecule has 3 aromatic carbocycles. The van der Waals surface area contributed by atoms with Crippen molar-refractivity contribution in [1.29, 1.82) is 0 Å². The highest BCUT2D eigenvalue weighted by molar-refractivity contribution is 5.88. The van der Waals surface area contributed by atoms with Gasteiger partial charge in [-0.25, -0.2) is 9.50 Å². The molecule has 2 aromatic heterocycles. The number of hydrogen-bond donors (Lipinski definition) is 1. The summed E-state index contributed by atoms with van der Waals surface area (Å²) in [6.45, 7) is 2.03. The van der Waals surface area contributed by atoms with E-state index in [4.69, 9.17) is 15.8 Å². The van der Waals surface area contributed by atoms with E-state index in [0.717, 1.165) is 53.0 Å². The van der Waals surface area contributed by atoms with Crippen molar-refractivity contribution in [2.24, 2.45) is 10.2 Å². The van der Waals surface area contributed by atoms with Gasteiger partial charge in [-0.1, -0.05) is 72.8 Å². The Bertz CT molecular complexity index is 1610. The van der Waals surface area contributed by atoms with Crippen molar-refractivity contribution in [2.45, 2.75) is 26.2 Å². The van der Waals surface area contributed by atoms with Gasteiger partial charge in [-0.3, -0.25) is 0 Å². The summed E-state index contributed by atoms with van der Waals surface area (Å²) in [7, 11) is 0. The number of nitrogens with two attached hydrogens (primary N) is 1. The van der Waals surface area contributed by atoms with Crippen LogP contribution in [0.4, 0.5) is 17.2 Å². The Hall–Kier alpha value is -4.58. The summed E-state index contributed by atoms with van der Waals surface area (Å²) in [5.41, 5.74) is 16.0. The molecule has 0 atom stereocenters. The largest absolute Gasteiger partial charge is 0.380 e. The van der Waals surface area contributed by atoms with Crippen LogP contribution < -0.4 is 5.73 Å². The summed E-state index contributed by atoms with van der Waals surface area (Å²) in [5.74, 6) is 0.312. The molecule has 0 radical (unpaired) electrons. The standard InChI is InChI=1S/C30H26N6/c1-20-10-8-16-24(18-20)33-34-27-29(31)35-36-28(22-13-6-3-7-14-22)25-17-9-15-23(26(25)32-30(27)36)19-21-11-4-2-5-12-21/h2-8,10-14,16,18-19H,9,15,17H2,1H3,(H2,31,35)/b23-19+,34-33?. The fraction of sp³-hybridized carbons (Fsp3) is 0.133. The SMILES string of the molecule is Cc1cccc(N=Nc2c(N)nn3c(-c4ccccc4)c4c(nc23)/C(=C/c2ccccc2)CCC4)c1. The van der Waals surface area contributed by atoms with Gasteiger partial charge in [-0.05, 0) is 61.1 Å². The molecule has 0 fully saturated rings. The molecule has 0 spiro atoms. The molecule has 6 nitrogen and oxygen atoms in total. The molecule has 0 aliphatic heterocycles. The maximum atomic E-state index is 6.41. The number of anilines is 1. The van der Waals surface area contributed by atoms with Gasteiger partial charge in [-0.15, -0.1) is 10.2 Å². The van der Waals surface area contributed by atoms with Gasteiger partial charge in [-0.2, -0.15) is 5.11 Å². The highest BCUT2D eigenvalue weighted by Crippen LogP contribution is 2.40. The van der Waals surface area contributed by atoms with Crippen molar-refractivity contribution >= 4 is 34.5 Å². The molecule has 6 heteroatoms. The number of nitrogens with zero attached hydrogens (tertiary/aromatic N) is 5. The van der Waals surface area contributed by atoms with Crippen LogP contribution in [0.25, 0.3) is 28.6 Å². The van der Waals surface area contributed by atoms with Gasteiger partial charge < -0.3 is 5.73 Å². The second-order valence-electron chi connectivity index (χ2n) is 9.10. The Morgan fingerprint density at radius 2 is 1.67 bits per heavy atom. The van der Waals surface area contributed by atoms with E-state index in [2.05, 4.69) is 52.7 Å². The molecule has 0 unspecified atom stereocenters. The van der Waals surface area contributed by atoms with Crippen molar-refractivity contribution in [3.8, 4) is 11.3 Å². The van der Waals surface area contributed by atoms with E-state index < -0.39 is 0 Å². The summed E-state index contributed by atoms with van der Waals surface area (Å²) in [5, 5.41) is 13.7. The Morgan fingerprint density at radius 1 is 0.889 bits per heavy atom. The van der Waals surface area contributed by atoms with Crippen molar-refractivity contribution in [2.75, 3.05) is 5.73 Å². The number of nitrogen functional groups attached to an aromatic ring is 1. The molecule has 36 heavy (non-hydrogen) atoms. The molecule has 0 bridgehead atoms. The van der Waals surface area contributed by atoms with Crippen LogP contribution in [-0.4, -0.2) is 14.6 Å². The topological polar surface area (TPSA) is 80.9 Å². The highest BCUT2D eigenvalue weighted by atomic mass is 15.3. The number of fused-ring (bicyclic) bond motifs is 2. The maximum Gasteiger partial charge on any atom is 0.186 e. The molecular weight excluding hydrogens is 444 g/mol. The second kappa shape index (κ2) is 9.23. The van der Waals surface area contributed by atoms with Crippen LogP contribution in [0.2, 0.25) is 0 Å². The van der Waals surface area contributed by atoms with E-state index >= 15 is 0 Å². The van der Waals surface area contributed by atoms with Gasteiger partial charge >= 0.3 is 0 Å². The van der Waals surface area contributed by atoms with E-state index in [9.17, 15) is 0 Å². The van der Waals surface area contributed by atoms with Crippen molar-refractivity contribution in [3.63, 3.8) is 0 Å². The lowest BCUT2D eigenvalue weighted by Crippen LogP contribution is -2.11. The van der Waals surface area contributed by atoms with Gasteiger partial charge in [0.05, 0.1) is 17.1 Å². The molecule has 176 valence electrons. The van der Waals surface area contributed by atoms with Crippen LogP contribution in [0.5, 0.6) is 0 Å². The number of aryl methyl sites for hydroxylation is 1. The predicted molar refractivity (Wildman–Crippen MR) is 145 cm³/mol. The third-order valence-corrected chi connectivity index (χ3v) is 6.50. The van der Waals surface area contributed by atoms with E-state index in [1.165, 1.54) is 11.1 Å². The minimum absolute atomic E-state index is 0.312. The summed E-state index contributed by atoms with van der Waals surface area (Å²) < 4.78 is 1.85. The molecule has 2 N–H and O–H groups in total. The van der Waals surface area contributed by atoms with Crippen LogP contribution in [0, 0.1) is 6.92 Å². The lowest BCUT2D eigenvalue weighted by Gasteiger charge is -2.22. The van der Waals surface area contributed by atoms with E-state index in [0.29, 0.717) is 17.2 Å². The van der Waals surface area contributed by atoms with E-state index in [1.54, 1.807) is 0 Å². The molecule has 0 saturated heterocycles. The lowest BCUT2D eigenvalue weighted by molar-refractivity contribution is 0.793. The zero-order valence-electron chi connectivity index (χ0n) is 20.1. The fourth-order valence-corrected chi connectivity index (χ4v) is 4.84. The Morgan fingerprint density at radius 3 is 2.44 bits per heavy atom. The molecule has 2 heterocycles. The summed E-state index contributed by atoms with van der Waals surface area (Å²) in [6, 6.07) is 28.6. The van der Waals surface area contributed by atoms with Crippen molar-refractivity contribution < 1.29 is 0 Å². The number of aromatic nitrogens is 3. The van der Waals surface area contributed by atoms with E-state index in [1.807, 2.05) is 60.0 Å². The van der Waals surface area contributed by atoms with Gasteiger partial charge in [0, 0.05) is 11.1 Å². The monoisotopic (exact) mass is 470 g/mol. The second-order valence-corrected chi connectivity index (χ2v) is 9.10. The van der Waals surface area contributed by atoms with Crippen molar-refractivity contribution in [3.05, 3.63) is 107 Å². The van der Waals surface area contributed by atoms with Gasteiger partial charge in [0.2, 0.25) is 0 Å². The molecule has 5 aromatic rings. The first-order valence-corrected chi connectivity index (χ1v) is 12.2. The number of azo groups is 1. The van der Waals surface area contributed by atoms with Crippen molar-refractivity contribution in [1.82, 2.24) is 14.6 Å². The lowest BCUT2D eigenvalue weighted by atomic mass is 9.87. The molecule has 1 aliphatic carbocycles. The Balaban J connectivity index is 1.59. The van der Waals surface area contributed by atoms with Gasteiger partial charge in [0.1, 0.15) is 0 Å². The number of rotatable bonds is 4. The maximum absolute atomic E-state index is 6.41. The molecule has 0 amide bonds. The average Bonchev–Trinajstić information content (AvgIpc) is 3.22. The first kappa shape index (κ1) is 21.9. The van der Waals surface area contributed by atoms with Crippen LogP contribution in [0.15, 0.2) is 95.2 Å². The third kappa shape index (κ3) is 4.07. The first-order valence-electron chi connectivity index (χ1n) is 12.2. The fourth-order valence-electron chi connectivity index (χ4n) is 4.84. The first-order chi connectivity index (χ1) is 17.7.